The number of hydrogen-bond donors (Lipinski definition) is 1. The van der Waals surface area contributed by atoms with Crippen LogP contribution in [0.2, 0.25) is 0 Å². The number of piperazine rings is 1. The van der Waals surface area contributed by atoms with Crippen molar-refractivity contribution in [2.75, 3.05) is 49.6 Å². The summed E-state index contributed by atoms with van der Waals surface area (Å²) >= 11 is 1.28. The summed E-state index contributed by atoms with van der Waals surface area (Å²) in [4.78, 5) is 31.9. The van der Waals surface area contributed by atoms with Crippen molar-refractivity contribution in [3.05, 3.63) is 77.3 Å². The van der Waals surface area contributed by atoms with Gasteiger partial charge in [0.25, 0.3) is 0 Å². The van der Waals surface area contributed by atoms with Crippen LogP contribution in [-0.4, -0.2) is 75.1 Å². The Kier molecular flexibility index (Phi) is 7.75. The summed E-state index contributed by atoms with van der Waals surface area (Å²) < 4.78 is 15.6. The van der Waals surface area contributed by atoms with E-state index in [9.17, 15) is 14.4 Å². The number of pyridine rings is 2. The van der Waals surface area contributed by atoms with Crippen LogP contribution in [0.25, 0.3) is 28.0 Å². The molecule has 0 spiro atoms. The number of aromatic nitrogens is 4. The molecule has 1 N–H and O–H groups in total. The molecule has 12 heteroatoms. The molecule has 0 radical (unpaired) electrons. The number of nitrogens with zero attached hydrogens (tertiary/aromatic N) is 8. The van der Waals surface area contributed by atoms with E-state index in [0.717, 1.165) is 47.2 Å². The SMILES string of the molecule is CCc1nc2ccc(-c3ccc(N4CCN(CC(=O)O)CC4)nc3)cn2c1N(C)c1nc(-c2ccc(F)cc2)c(C#N)s1. The molecule has 0 saturated carbocycles. The van der Waals surface area contributed by atoms with Crippen LogP contribution in [0.3, 0.4) is 0 Å². The highest BCUT2D eigenvalue weighted by molar-refractivity contribution is 7.16. The van der Waals surface area contributed by atoms with E-state index in [1.807, 2.05) is 57.9 Å². The van der Waals surface area contributed by atoms with Crippen molar-refractivity contribution in [3.63, 3.8) is 0 Å². The summed E-state index contributed by atoms with van der Waals surface area (Å²) in [6.45, 7) is 4.93. The summed E-state index contributed by atoms with van der Waals surface area (Å²) in [5, 5.41) is 19.5. The average molecular weight is 597 g/mol. The van der Waals surface area contributed by atoms with Gasteiger partial charge in [0.2, 0.25) is 0 Å². The maximum Gasteiger partial charge on any atom is 0.317 e. The van der Waals surface area contributed by atoms with Crippen LogP contribution in [0.15, 0.2) is 60.9 Å². The second-order valence-electron chi connectivity index (χ2n) is 10.3. The first kappa shape index (κ1) is 28.3. The Labute approximate surface area is 251 Å². The van der Waals surface area contributed by atoms with Crippen molar-refractivity contribution >= 4 is 39.7 Å². The van der Waals surface area contributed by atoms with Crippen LogP contribution in [-0.2, 0) is 11.2 Å². The maximum atomic E-state index is 13.5. The molecule has 5 aromatic rings. The summed E-state index contributed by atoms with van der Waals surface area (Å²) in [5.74, 6) is 0.571. The Morgan fingerprint density at radius 3 is 2.42 bits per heavy atom. The zero-order valence-electron chi connectivity index (χ0n) is 23.7. The third-order valence-electron chi connectivity index (χ3n) is 7.57. The van der Waals surface area contributed by atoms with Gasteiger partial charge < -0.3 is 14.9 Å². The van der Waals surface area contributed by atoms with Gasteiger partial charge >= 0.3 is 5.97 Å². The van der Waals surface area contributed by atoms with E-state index >= 15 is 0 Å². The van der Waals surface area contributed by atoms with E-state index in [1.165, 1.54) is 23.5 Å². The lowest BCUT2D eigenvalue weighted by atomic mass is 10.1. The van der Waals surface area contributed by atoms with Gasteiger partial charge in [-0.2, -0.15) is 5.26 Å². The molecule has 1 fully saturated rings. The topological polar surface area (TPSA) is 114 Å². The first-order valence-corrected chi connectivity index (χ1v) is 14.7. The minimum absolute atomic E-state index is 0.0608. The third kappa shape index (κ3) is 5.64. The number of aliphatic carboxylic acids is 1. The van der Waals surface area contributed by atoms with E-state index in [1.54, 1.807) is 12.1 Å². The zero-order chi connectivity index (χ0) is 30.1. The molecule has 6 rings (SSSR count). The van der Waals surface area contributed by atoms with Gasteiger partial charge in [-0.15, -0.1) is 0 Å². The van der Waals surface area contributed by atoms with Crippen LogP contribution in [0.4, 0.5) is 21.2 Å². The number of benzene rings is 1. The molecule has 1 aliphatic heterocycles. The Bertz CT molecular complexity index is 1820. The standard InChI is InChI=1S/C31H29FN8O2S/c1-3-24-30(37(2)31-36-29(25(16-33)43-31)20-4-8-23(32)9-5-20)40-18-22(7-11-27(40)35-24)21-6-10-26(34-17-21)39-14-12-38(13-15-39)19-28(41)42/h4-11,17-18H,3,12-15,19H2,1-2H3,(H,41,42). The van der Waals surface area contributed by atoms with E-state index < -0.39 is 5.97 Å². The summed E-state index contributed by atoms with van der Waals surface area (Å²) in [6, 6.07) is 16.3. The monoisotopic (exact) mass is 596 g/mol. The minimum atomic E-state index is -0.806. The maximum absolute atomic E-state index is 13.5. The number of anilines is 3. The number of halogens is 1. The van der Waals surface area contributed by atoms with Crippen LogP contribution in [0, 0.1) is 17.1 Å². The number of thiazole rings is 1. The fourth-order valence-electron chi connectivity index (χ4n) is 5.34. The van der Waals surface area contributed by atoms with Gasteiger partial charge in [0.05, 0.1) is 12.2 Å². The zero-order valence-corrected chi connectivity index (χ0v) is 24.6. The number of nitriles is 1. The molecular weight excluding hydrogens is 567 g/mol. The Morgan fingerprint density at radius 1 is 1.05 bits per heavy atom. The Balaban J connectivity index is 1.29. The number of carboxylic acid groups (broad SMARTS) is 1. The van der Waals surface area contributed by atoms with E-state index in [0.29, 0.717) is 40.8 Å². The largest absolute Gasteiger partial charge is 0.480 e. The third-order valence-corrected chi connectivity index (χ3v) is 8.61. The predicted molar refractivity (Wildman–Crippen MR) is 164 cm³/mol. The highest BCUT2D eigenvalue weighted by atomic mass is 32.1. The molecule has 1 saturated heterocycles. The lowest BCUT2D eigenvalue weighted by Crippen LogP contribution is -2.48. The summed E-state index contributed by atoms with van der Waals surface area (Å²) in [5.41, 5.74) is 4.82. The van der Waals surface area contributed by atoms with Gasteiger partial charge in [-0.3, -0.25) is 14.1 Å². The number of hydrogen-bond acceptors (Lipinski definition) is 9. The van der Waals surface area contributed by atoms with E-state index in [-0.39, 0.29) is 12.4 Å². The van der Waals surface area contributed by atoms with Gasteiger partial charge in [0.1, 0.15) is 39.7 Å². The van der Waals surface area contributed by atoms with Gasteiger partial charge in [-0.1, -0.05) is 18.3 Å². The Hall–Kier alpha value is -4.86. The van der Waals surface area contributed by atoms with E-state index in [4.69, 9.17) is 20.1 Å². The second-order valence-corrected chi connectivity index (χ2v) is 11.3. The van der Waals surface area contributed by atoms with Gasteiger partial charge in [0.15, 0.2) is 5.13 Å². The molecule has 0 amide bonds. The fourth-order valence-corrected chi connectivity index (χ4v) is 6.19. The van der Waals surface area contributed by atoms with Crippen molar-refractivity contribution in [2.24, 2.45) is 0 Å². The molecule has 218 valence electrons. The molecule has 0 unspecified atom stereocenters. The van der Waals surface area contributed by atoms with Crippen molar-refractivity contribution in [1.29, 1.82) is 5.26 Å². The molecule has 1 aromatic carbocycles. The average Bonchev–Trinajstić information content (AvgIpc) is 3.63. The molecule has 4 aromatic heterocycles. The van der Waals surface area contributed by atoms with Gasteiger partial charge in [0, 0.05) is 62.3 Å². The fraction of sp³-hybridized carbons (Fsp3) is 0.258. The van der Waals surface area contributed by atoms with Crippen LogP contribution >= 0.6 is 11.3 Å². The van der Waals surface area contributed by atoms with Crippen molar-refractivity contribution in [2.45, 2.75) is 13.3 Å². The Morgan fingerprint density at radius 2 is 1.77 bits per heavy atom. The number of aryl methyl sites for hydroxylation is 1. The van der Waals surface area contributed by atoms with Crippen LogP contribution < -0.4 is 9.80 Å². The van der Waals surface area contributed by atoms with Crippen LogP contribution in [0.1, 0.15) is 17.5 Å². The second kappa shape index (κ2) is 11.8. The van der Waals surface area contributed by atoms with Crippen molar-refractivity contribution in [3.8, 4) is 28.5 Å². The minimum Gasteiger partial charge on any atom is -0.480 e. The number of imidazole rings is 1. The molecular formula is C31H29FN8O2S. The molecule has 10 nitrogen and oxygen atoms in total. The van der Waals surface area contributed by atoms with Crippen molar-refractivity contribution in [1.82, 2.24) is 24.3 Å². The quantitative estimate of drug-likeness (QED) is 0.262. The number of fused-ring (bicyclic) bond motifs is 1. The summed E-state index contributed by atoms with van der Waals surface area (Å²) in [6.07, 6.45) is 4.60. The first-order chi connectivity index (χ1) is 20.8. The summed E-state index contributed by atoms with van der Waals surface area (Å²) in [7, 11) is 1.91. The van der Waals surface area contributed by atoms with E-state index in [2.05, 4.69) is 17.9 Å². The van der Waals surface area contributed by atoms with Crippen molar-refractivity contribution < 1.29 is 14.3 Å². The first-order valence-electron chi connectivity index (χ1n) is 13.9. The molecule has 0 bridgehead atoms. The lowest BCUT2D eigenvalue weighted by molar-refractivity contribution is -0.138. The normalized spacial score (nSPS) is 13.8. The van der Waals surface area contributed by atoms with Gasteiger partial charge in [-0.05, 0) is 55.0 Å². The van der Waals surface area contributed by atoms with Gasteiger partial charge in [-0.25, -0.2) is 19.3 Å². The molecule has 43 heavy (non-hydrogen) atoms. The number of carboxylic acids is 1. The van der Waals surface area contributed by atoms with Crippen LogP contribution in [0.5, 0.6) is 0 Å². The highest BCUT2D eigenvalue weighted by Gasteiger charge is 2.23. The number of carbonyl (C=O) groups is 1. The molecule has 0 atom stereocenters. The number of rotatable bonds is 8. The molecule has 1 aliphatic rings. The lowest BCUT2D eigenvalue weighted by Gasteiger charge is -2.34. The molecule has 5 heterocycles. The molecule has 0 aliphatic carbocycles. The highest BCUT2D eigenvalue weighted by Crippen LogP contribution is 2.37. The smallest absolute Gasteiger partial charge is 0.317 e. The predicted octanol–water partition coefficient (Wildman–Crippen LogP) is 5.07.